The van der Waals surface area contributed by atoms with E-state index < -0.39 is 11.7 Å². The molecule has 0 atom stereocenters. The van der Waals surface area contributed by atoms with Crippen molar-refractivity contribution in [2.75, 3.05) is 31.9 Å². The Balaban J connectivity index is 1.41. The number of benzene rings is 2. The van der Waals surface area contributed by atoms with Crippen LogP contribution in [0.3, 0.4) is 0 Å². The van der Waals surface area contributed by atoms with E-state index in [9.17, 15) is 9.59 Å². The average molecular weight is 455 g/mol. The quantitative estimate of drug-likeness (QED) is 0.702. The van der Waals surface area contributed by atoms with Crippen LogP contribution in [0.15, 0.2) is 42.5 Å². The van der Waals surface area contributed by atoms with Gasteiger partial charge in [0.1, 0.15) is 5.60 Å². The van der Waals surface area contributed by atoms with Gasteiger partial charge in [-0.25, -0.2) is 4.79 Å². The lowest BCUT2D eigenvalue weighted by Crippen LogP contribution is -2.44. The molecule has 0 spiro atoms. The molecule has 1 fully saturated rings. The van der Waals surface area contributed by atoms with Crippen molar-refractivity contribution in [3.05, 3.63) is 53.6 Å². The Morgan fingerprint density at radius 3 is 2.39 bits per heavy atom. The zero-order chi connectivity index (χ0) is 23.5. The van der Waals surface area contributed by atoms with Crippen molar-refractivity contribution in [1.29, 1.82) is 0 Å². The largest absolute Gasteiger partial charge is 0.454 e. The zero-order valence-corrected chi connectivity index (χ0v) is 19.2. The van der Waals surface area contributed by atoms with Gasteiger partial charge in [-0.05, 0) is 75.6 Å². The van der Waals surface area contributed by atoms with Crippen LogP contribution in [0.25, 0.3) is 0 Å². The first kappa shape index (κ1) is 22.9. The standard InChI is InChI=1S/C25H30N2O6/c1-24(2,3)33-23(29)27-19-7-4-17(5-8-19)22(28)26-15-25(10-12-30-13-11-25)18-6-9-20-21(14-18)32-16-31-20/h4-9,14H,10-13,15-16H2,1-3H3,(H,26,28)(H,27,29). The molecule has 2 aliphatic heterocycles. The minimum atomic E-state index is -0.581. The van der Waals surface area contributed by atoms with E-state index in [1.165, 1.54) is 0 Å². The number of hydrogen-bond donors (Lipinski definition) is 2. The molecule has 0 saturated carbocycles. The summed E-state index contributed by atoms with van der Waals surface area (Å²) in [5.41, 5.74) is 1.35. The van der Waals surface area contributed by atoms with E-state index in [4.69, 9.17) is 18.9 Å². The summed E-state index contributed by atoms with van der Waals surface area (Å²) in [6, 6.07) is 12.7. The number of nitrogens with one attached hydrogen (secondary N) is 2. The lowest BCUT2D eigenvalue weighted by atomic mass is 9.74. The van der Waals surface area contributed by atoms with Gasteiger partial charge < -0.3 is 24.3 Å². The van der Waals surface area contributed by atoms with Crippen molar-refractivity contribution >= 4 is 17.7 Å². The third-order valence-electron chi connectivity index (χ3n) is 5.81. The minimum Gasteiger partial charge on any atom is -0.454 e. The molecule has 2 heterocycles. The highest BCUT2D eigenvalue weighted by molar-refractivity contribution is 5.95. The first-order valence-corrected chi connectivity index (χ1v) is 11.1. The number of carbonyl (C=O) groups excluding carboxylic acids is 2. The van der Waals surface area contributed by atoms with E-state index in [0.29, 0.717) is 31.0 Å². The SMILES string of the molecule is CC(C)(C)OC(=O)Nc1ccc(C(=O)NCC2(c3ccc4c(c3)OCO4)CCOCC2)cc1. The molecular formula is C25H30N2O6. The molecule has 0 unspecified atom stereocenters. The molecule has 8 nitrogen and oxygen atoms in total. The summed E-state index contributed by atoms with van der Waals surface area (Å²) in [4.78, 5) is 24.8. The molecule has 0 aliphatic carbocycles. The second-order valence-electron chi connectivity index (χ2n) is 9.35. The molecule has 0 aromatic heterocycles. The van der Waals surface area contributed by atoms with E-state index >= 15 is 0 Å². The molecule has 2 amide bonds. The van der Waals surface area contributed by atoms with Crippen LogP contribution in [-0.2, 0) is 14.9 Å². The maximum atomic E-state index is 12.9. The number of hydrogen-bond acceptors (Lipinski definition) is 6. The maximum absolute atomic E-state index is 12.9. The van der Waals surface area contributed by atoms with E-state index in [-0.39, 0.29) is 18.1 Å². The molecular weight excluding hydrogens is 424 g/mol. The molecule has 1 saturated heterocycles. The molecule has 0 radical (unpaired) electrons. The predicted molar refractivity (Wildman–Crippen MR) is 123 cm³/mol. The Kier molecular flexibility index (Phi) is 6.47. The second-order valence-corrected chi connectivity index (χ2v) is 9.35. The maximum Gasteiger partial charge on any atom is 0.412 e. The highest BCUT2D eigenvalue weighted by atomic mass is 16.7. The first-order valence-electron chi connectivity index (χ1n) is 11.1. The fraction of sp³-hybridized carbons (Fsp3) is 0.440. The average Bonchev–Trinajstić information content (AvgIpc) is 3.25. The topological polar surface area (TPSA) is 95.1 Å². The Bertz CT molecular complexity index is 1010. The van der Waals surface area contributed by atoms with Crippen LogP contribution in [0.1, 0.15) is 49.5 Å². The molecule has 33 heavy (non-hydrogen) atoms. The number of carbonyl (C=O) groups is 2. The predicted octanol–water partition coefficient (Wildman–Crippen LogP) is 4.24. The number of rotatable bonds is 5. The van der Waals surface area contributed by atoms with Gasteiger partial charge >= 0.3 is 6.09 Å². The smallest absolute Gasteiger partial charge is 0.412 e. The number of amides is 2. The van der Waals surface area contributed by atoms with Crippen molar-refractivity contribution in [2.45, 2.75) is 44.6 Å². The summed E-state index contributed by atoms with van der Waals surface area (Å²) in [6.45, 7) is 7.38. The van der Waals surface area contributed by atoms with Gasteiger partial charge in [0.2, 0.25) is 6.79 Å². The van der Waals surface area contributed by atoms with Gasteiger partial charge in [0.05, 0.1) is 0 Å². The fourth-order valence-corrected chi connectivity index (χ4v) is 4.03. The van der Waals surface area contributed by atoms with Gasteiger partial charge in [-0.2, -0.15) is 0 Å². The van der Waals surface area contributed by atoms with Crippen LogP contribution in [0.2, 0.25) is 0 Å². The molecule has 2 aromatic rings. The van der Waals surface area contributed by atoms with Crippen molar-refractivity contribution in [3.8, 4) is 11.5 Å². The molecule has 176 valence electrons. The van der Waals surface area contributed by atoms with E-state index in [1.54, 1.807) is 45.0 Å². The van der Waals surface area contributed by atoms with Crippen LogP contribution >= 0.6 is 0 Å². The Morgan fingerprint density at radius 2 is 1.70 bits per heavy atom. The van der Waals surface area contributed by atoms with Crippen molar-refractivity contribution in [1.82, 2.24) is 5.32 Å². The lowest BCUT2D eigenvalue weighted by molar-refractivity contribution is 0.0486. The van der Waals surface area contributed by atoms with Gasteiger partial charge in [-0.1, -0.05) is 6.07 Å². The van der Waals surface area contributed by atoms with Crippen LogP contribution in [0, 0.1) is 0 Å². The van der Waals surface area contributed by atoms with Gasteiger partial charge in [0.25, 0.3) is 5.91 Å². The molecule has 0 bridgehead atoms. The summed E-state index contributed by atoms with van der Waals surface area (Å²) >= 11 is 0. The summed E-state index contributed by atoms with van der Waals surface area (Å²) in [5, 5.41) is 5.76. The fourth-order valence-electron chi connectivity index (χ4n) is 4.03. The van der Waals surface area contributed by atoms with E-state index in [1.807, 2.05) is 18.2 Å². The van der Waals surface area contributed by atoms with Crippen LogP contribution in [-0.4, -0.2) is 44.2 Å². The van der Waals surface area contributed by atoms with Gasteiger partial charge in [0.15, 0.2) is 11.5 Å². The third-order valence-corrected chi connectivity index (χ3v) is 5.81. The normalized spacial score (nSPS) is 16.7. The van der Waals surface area contributed by atoms with Crippen LogP contribution < -0.4 is 20.1 Å². The summed E-state index contributed by atoms with van der Waals surface area (Å²) < 4.78 is 21.8. The highest BCUT2D eigenvalue weighted by Crippen LogP contribution is 2.40. The van der Waals surface area contributed by atoms with Crippen molar-refractivity contribution in [2.24, 2.45) is 0 Å². The summed E-state index contributed by atoms with van der Waals surface area (Å²) in [6.07, 6.45) is 1.06. The molecule has 4 rings (SSSR count). The zero-order valence-electron chi connectivity index (χ0n) is 19.2. The van der Waals surface area contributed by atoms with Crippen molar-refractivity contribution in [3.63, 3.8) is 0 Å². The Labute approximate surface area is 193 Å². The molecule has 2 aromatic carbocycles. The van der Waals surface area contributed by atoms with Gasteiger partial charge in [-0.3, -0.25) is 10.1 Å². The lowest BCUT2D eigenvalue weighted by Gasteiger charge is -2.38. The third kappa shape index (κ3) is 5.57. The highest BCUT2D eigenvalue weighted by Gasteiger charge is 2.36. The first-order chi connectivity index (χ1) is 15.7. The Morgan fingerprint density at radius 1 is 1.00 bits per heavy atom. The van der Waals surface area contributed by atoms with Crippen molar-refractivity contribution < 1.29 is 28.5 Å². The van der Waals surface area contributed by atoms with Gasteiger partial charge in [0, 0.05) is 36.4 Å². The molecule has 2 aliphatic rings. The number of fused-ring (bicyclic) bond motifs is 1. The monoisotopic (exact) mass is 454 g/mol. The summed E-state index contributed by atoms with van der Waals surface area (Å²) in [5.74, 6) is 1.30. The van der Waals surface area contributed by atoms with E-state index in [2.05, 4.69) is 10.6 Å². The van der Waals surface area contributed by atoms with Gasteiger partial charge in [-0.15, -0.1) is 0 Å². The van der Waals surface area contributed by atoms with Crippen LogP contribution in [0.4, 0.5) is 10.5 Å². The second kappa shape index (κ2) is 9.31. The molecule has 8 heteroatoms. The van der Waals surface area contributed by atoms with Crippen LogP contribution in [0.5, 0.6) is 11.5 Å². The molecule has 2 N–H and O–H groups in total. The minimum absolute atomic E-state index is 0.176. The van der Waals surface area contributed by atoms with E-state index in [0.717, 1.165) is 29.9 Å². The number of ether oxygens (including phenoxy) is 4. The summed E-state index contributed by atoms with van der Waals surface area (Å²) in [7, 11) is 0. The Hall–Kier alpha value is -3.26. The number of anilines is 1.